The lowest BCUT2D eigenvalue weighted by atomic mass is 10.1. The monoisotopic (exact) mass is 433 g/mol. The average molecular weight is 434 g/mol. The van der Waals surface area contributed by atoms with Gasteiger partial charge in [-0.15, -0.1) is 0 Å². The number of nitrogens with one attached hydrogen (secondary N) is 1. The van der Waals surface area contributed by atoms with E-state index in [-0.39, 0.29) is 23.4 Å². The number of sulfonamides is 1. The molecule has 1 fully saturated rings. The molecule has 0 aliphatic carbocycles. The highest BCUT2D eigenvalue weighted by atomic mass is 35.5. The molecule has 2 aromatic carbocycles. The van der Waals surface area contributed by atoms with Crippen molar-refractivity contribution in [2.24, 2.45) is 0 Å². The van der Waals surface area contributed by atoms with Crippen LogP contribution in [0.2, 0.25) is 5.02 Å². The first-order valence-corrected chi connectivity index (χ1v) is 11.6. The lowest BCUT2D eigenvalue weighted by Gasteiger charge is -2.24. The summed E-state index contributed by atoms with van der Waals surface area (Å²) in [5.41, 5.74) is 2.60. The van der Waals surface area contributed by atoms with E-state index in [1.165, 1.54) is 28.1 Å². The van der Waals surface area contributed by atoms with Crippen LogP contribution in [0.15, 0.2) is 47.4 Å². The predicted molar refractivity (Wildman–Crippen MR) is 115 cm³/mol. The molecule has 1 amide bonds. The van der Waals surface area contributed by atoms with Gasteiger partial charge in [0.15, 0.2) is 0 Å². The Morgan fingerprint density at radius 2 is 1.90 bits per heavy atom. The van der Waals surface area contributed by atoms with Crippen molar-refractivity contribution >= 4 is 38.9 Å². The van der Waals surface area contributed by atoms with Gasteiger partial charge in [-0.25, -0.2) is 8.42 Å². The molecule has 154 valence electrons. The van der Waals surface area contributed by atoms with Crippen molar-refractivity contribution in [3.05, 3.63) is 53.1 Å². The maximum atomic E-state index is 12.8. The molecule has 1 N–H and O–H groups in total. The molecule has 2 aliphatic rings. The van der Waals surface area contributed by atoms with E-state index in [2.05, 4.69) is 23.2 Å². The van der Waals surface area contributed by atoms with Crippen molar-refractivity contribution in [3.63, 3.8) is 0 Å². The number of anilines is 2. The fourth-order valence-corrected chi connectivity index (χ4v) is 5.76. The number of nitrogens with zero attached hydrogens (tertiary/aromatic N) is 2. The Morgan fingerprint density at radius 1 is 1.17 bits per heavy atom. The topological polar surface area (TPSA) is 69.7 Å². The number of carbonyl (C=O) groups excluding carboxylic acids is 1. The summed E-state index contributed by atoms with van der Waals surface area (Å²) >= 11 is 6.24. The quantitative estimate of drug-likeness (QED) is 0.783. The molecule has 0 aromatic heterocycles. The third-order valence-electron chi connectivity index (χ3n) is 5.58. The van der Waals surface area contributed by atoms with Gasteiger partial charge in [-0.05, 0) is 56.0 Å². The zero-order valence-electron chi connectivity index (χ0n) is 16.3. The van der Waals surface area contributed by atoms with Gasteiger partial charge in [0, 0.05) is 24.8 Å². The van der Waals surface area contributed by atoms with Gasteiger partial charge < -0.3 is 10.2 Å². The first kappa shape index (κ1) is 20.2. The van der Waals surface area contributed by atoms with Crippen LogP contribution in [0, 0.1) is 0 Å². The summed E-state index contributed by atoms with van der Waals surface area (Å²) in [5.74, 6) is -0.230. The molecule has 2 heterocycles. The number of rotatable bonds is 5. The molecule has 8 heteroatoms. The van der Waals surface area contributed by atoms with Crippen molar-refractivity contribution in [1.29, 1.82) is 0 Å². The number of fused-ring (bicyclic) bond motifs is 1. The lowest BCUT2D eigenvalue weighted by molar-refractivity contribution is -0.115. The second-order valence-corrected chi connectivity index (χ2v) is 9.96. The molecule has 1 unspecified atom stereocenters. The number of carbonyl (C=O) groups is 1. The molecule has 29 heavy (non-hydrogen) atoms. The van der Waals surface area contributed by atoms with E-state index in [0.29, 0.717) is 23.8 Å². The maximum absolute atomic E-state index is 12.8. The lowest BCUT2D eigenvalue weighted by Crippen LogP contribution is -2.37. The first-order chi connectivity index (χ1) is 13.9. The summed E-state index contributed by atoms with van der Waals surface area (Å²) in [4.78, 5) is 14.9. The molecule has 0 radical (unpaired) electrons. The van der Waals surface area contributed by atoms with Crippen LogP contribution >= 0.6 is 11.6 Å². The molecule has 0 saturated carbocycles. The smallest absolute Gasteiger partial charge is 0.243 e. The summed E-state index contributed by atoms with van der Waals surface area (Å²) in [6.07, 6.45) is 2.63. The average Bonchev–Trinajstić information content (AvgIpc) is 3.33. The van der Waals surface area contributed by atoms with E-state index in [4.69, 9.17) is 11.6 Å². The van der Waals surface area contributed by atoms with Crippen LogP contribution in [-0.4, -0.2) is 44.3 Å². The van der Waals surface area contributed by atoms with E-state index in [1.54, 1.807) is 0 Å². The minimum atomic E-state index is -3.57. The molecular weight excluding hydrogens is 410 g/mol. The van der Waals surface area contributed by atoms with Gasteiger partial charge in [0.2, 0.25) is 15.9 Å². The fraction of sp³-hybridized carbons (Fsp3) is 0.381. The Hall–Kier alpha value is -2.09. The first-order valence-electron chi connectivity index (χ1n) is 9.80. The molecule has 1 saturated heterocycles. The Balaban J connectivity index is 1.51. The van der Waals surface area contributed by atoms with Gasteiger partial charge in [0.1, 0.15) is 0 Å². The van der Waals surface area contributed by atoms with Crippen molar-refractivity contribution in [1.82, 2.24) is 4.31 Å². The van der Waals surface area contributed by atoms with Gasteiger partial charge in [-0.3, -0.25) is 4.79 Å². The number of amides is 1. The van der Waals surface area contributed by atoms with E-state index in [0.717, 1.165) is 24.9 Å². The van der Waals surface area contributed by atoms with Crippen LogP contribution in [0.1, 0.15) is 25.3 Å². The van der Waals surface area contributed by atoms with Crippen molar-refractivity contribution in [2.75, 3.05) is 29.9 Å². The number of benzene rings is 2. The minimum absolute atomic E-state index is 0.152. The zero-order valence-corrected chi connectivity index (χ0v) is 17.8. The summed E-state index contributed by atoms with van der Waals surface area (Å²) in [6, 6.07) is 12.7. The van der Waals surface area contributed by atoms with Gasteiger partial charge in [0.05, 0.1) is 22.2 Å². The number of hydrogen-bond donors (Lipinski definition) is 1. The Labute approximate surface area is 176 Å². The Morgan fingerprint density at radius 3 is 2.66 bits per heavy atom. The van der Waals surface area contributed by atoms with Crippen LogP contribution < -0.4 is 10.2 Å². The van der Waals surface area contributed by atoms with Gasteiger partial charge in [-0.2, -0.15) is 4.31 Å². The number of para-hydroxylation sites is 1. The Bertz CT molecular complexity index is 1040. The van der Waals surface area contributed by atoms with E-state index >= 15 is 0 Å². The van der Waals surface area contributed by atoms with Gasteiger partial charge >= 0.3 is 0 Å². The van der Waals surface area contributed by atoms with Gasteiger partial charge in [0.25, 0.3) is 0 Å². The standard InChI is InChI=1S/C21H24ClN3O3S/c1-15-12-16-6-2-3-7-20(16)25(15)14-21(26)23-19-13-17(8-9-18(19)22)29(27,28)24-10-4-5-11-24/h2-3,6-9,13,15H,4-5,10-12,14H2,1H3,(H,23,26). The second-order valence-electron chi connectivity index (χ2n) is 7.61. The SMILES string of the molecule is CC1Cc2ccccc2N1CC(=O)Nc1cc(S(=O)(=O)N2CCCC2)ccc1Cl. The summed E-state index contributed by atoms with van der Waals surface area (Å²) in [6.45, 7) is 3.32. The van der Waals surface area contributed by atoms with Crippen molar-refractivity contribution in [2.45, 2.75) is 37.1 Å². The normalized spacial score (nSPS) is 19.4. The summed E-state index contributed by atoms with van der Waals surface area (Å²) in [7, 11) is -3.57. The van der Waals surface area contributed by atoms with Gasteiger partial charge in [-0.1, -0.05) is 29.8 Å². The highest BCUT2D eigenvalue weighted by Gasteiger charge is 2.29. The van der Waals surface area contributed by atoms with Crippen LogP contribution in [0.25, 0.3) is 0 Å². The predicted octanol–water partition coefficient (Wildman–Crippen LogP) is 3.51. The third-order valence-corrected chi connectivity index (χ3v) is 7.80. The minimum Gasteiger partial charge on any atom is -0.359 e. The highest BCUT2D eigenvalue weighted by Crippen LogP contribution is 2.32. The molecular formula is C21H24ClN3O3S. The number of hydrogen-bond acceptors (Lipinski definition) is 4. The van der Waals surface area contributed by atoms with Crippen LogP contribution in [0.5, 0.6) is 0 Å². The Kier molecular flexibility index (Phi) is 5.55. The molecule has 0 bridgehead atoms. The van der Waals surface area contributed by atoms with E-state index in [1.807, 2.05) is 18.2 Å². The van der Waals surface area contributed by atoms with E-state index < -0.39 is 10.0 Å². The molecule has 2 aromatic rings. The summed E-state index contributed by atoms with van der Waals surface area (Å²) < 4.78 is 27.1. The number of halogens is 1. The molecule has 2 aliphatic heterocycles. The largest absolute Gasteiger partial charge is 0.359 e. The van der Waals surface area contributed by atoms with Crippen LogP contribution in [0.4, 0.5) is 11.4 Å². The summed E-state index contributed by atoms with van der Waals surface area (Å²) in [5, 5.41) is 3.11. The third kappa shape index (κ3) is 3.99. The molecule has 0 spiro atoms. The molecule has 4 rings (SSSR count). The molecule has 6 nitrogen and oxygen atoms in total. The molecule has 1 atom stereocenters. The van der Waals surface area contributed by atoms with Crippen molar-refractivity contribution < 1.29 is 13.2 Å². The zero-order chi connectivity index (χ0) is 20.6. The van der Waals surface area contributed by atoms with Crippen LogP contribution in [0.3, 0.4) is 0 Å². The fourth-order valence-electron chi connectivity index (χ4n) is 4.05. The highest BCUT2D eigenvalue weighted by molar-refractivity contribution is 7.89. The maximum Gasteiger partial charge on any atom is 0.243 e. The van der Waals surface area contributed by atoms with Crippen LogP contribution in [-0.2, 0) is 21.2 Å². The van der Waals surface area contributed by atoms with E-state index in [9.17, 15) is 13.2 Å². The van der Waals surface area contributed by atoms with Crippen molar-refractivity contribution in [3.8, 4) is 0 Å². The second kappa shape index (κ2) is 7.97.